The molecule has 1 aliphatic carbocycles. The van der Waals surface area contributed by atoms with E-state index in [0.717, 1.165) is 43.8 Å². The molecule has 2 aliphatic rings. The van der Waals surface area contributed by atoms with E-state index in [4.69, 9.17) is 0 Å². The van der Waals surface area contributed by atoms with Crippen molar-refractivity contribution in [3.05, 3.63) is 0 Å². The molecule has 1 saturated heterocycles. The van der Waals surface area contributed by atoms with Crippen LogP contribution in [0.2, 0.25) is 18.1 Å². The summed E-state index contributed by atoms with van der Waals surface area (Å²) in [6.45, 7) is 10.7. The Bertz CT molecular complexity index is 458. The van der Waals surface area contributed by atoms with Gasteiger partial charge >= 0.3 is 6.03 Å². The number of urea groups is 1. The van der Waals surface area contributed by atoms with Gasteiger partial charge in [0, 0.05) is 6.04 Å². The molecule has 0 aromatic rings. The van der Waals surface area contributed by atoms with E-state index in [1.165, 1.54) is 19.3 Å². The Morgan fingerprint density at radius 1 is 0.917 bits per heavy atom. The molecule has 0 unspecified atom stereocenters. The lowest BCUT2D eigenvalue weighted by molar-refractivity contribution is -0.132. The van der Waals surface area contributed by atoms with Gasteiger partial charge < -0.3 is 4.90 Å². The third-order valence-electron chi connectivity index (χ3n) is 7.02. The molecule has 138 valence electrons. The van der Waals surface area contributed by atoms with Gasteiger partial charge in [0.25, 0.3) is 0 Å². The molecule has 0 aromatic heterocycles. The lowest BCUT2D eigenvalue weighted by Crippen LogP contribution is -2.56. The highest BCUT2D eigenvalue weighted by atomic mass is 28.3. The normalized spacial score (nSPS) is 22.5. The first kappa shape index (κ1) is 19.5. The molecular formula is C19H36N2O2Si. The Kier molecular flexibility index (Phi) is 6.16. The second-order valence-electron chi connectivity index (χ2n) is 7.61. The van der Waals surface area contributed by atoms with E-state index in [2.05, 4.69) is 39.5 Å². The number of carbonyl (C=O) groups is 2. The van der Waals surface area contributed by atoms with Crippen molar-refractivity contribution in [1.29, 1.82) is 0 Å². The van der Waals surface area contributed by atoms with Crippen LogP contribution in [0.5, 0.6) is 0 Å². The number of nitrogens with zero attached hydrogens (tertiary/aromatic N) is 2. The van der Waals surface area contributed by atoms with Crippen LogP contribution in [0.25, 0.3) is 0 Å². The van der Waals surface area contributed by atoms with Crippen molar-refractivity contribution < 1.29 is 9.59 Å². The fraction of sp³-hybridized carbons (Fsp3) is 0.895. The van der Waals surface area contributed by atoms with Gasteiger partial charge in [0.05, 0.1) is 0 Å². The molecule has 2 rings (SSSR count). The van der Waals surface area contributed by atoms with Gasteiger partial charge in [-0.05, 0) is 43.8 Å². The summed E-state index contributed by atoms with van der Waals surface area (Å²) in [7, 11) is -2.04. The maximum atomic E-state index is 13.6. The van der Waals surface area contributed by atoms with Crippen LogP contribution >= 0.6 is 0 Å². The van der Waals surface area contributed by atoms with Crippen LogP contribution < -0.4 is 0 Å². The summed E-state index contributed by atoms with van der Waals surface area (Å²) in [5.74, 6) is 0.125. The van der Waals surface area contributed by atoms with E-state index in [9.17, 15) is 9.59 Å². The topological polar surface area (TPSA) is 40.6 Å². The Morgan fingerprint density at radius 2 is 1.42 bits per heavy atom. The SMILES string of the molecule is CCC1(CC)C(=O)N([Si](CC)(CC)CC)C(=O)N1C1CCCCC1. The van der Waals surface area contributed by atoms with E-state index in [1.807, 2.05) is 4.57 Å². The second-order valence-corrected chi connectivity index (χ2v) is 12.6. The minimum absolute atomic E-state index is 0.0489. The molecule has 0 radical (unpaired) electrons. The molecule has 1 aliphatic heterocycles. The summed E-state index contributed by atoms with van der Waals surface area (Å²) in [6.07, 6.45) is 7.24. The zero-order valence-corrected chi connectivity index (χ0v) is 17.4. The molecule has 0 N–H and O–H groups in total. The Balaban J connectivity index is 2.50. The Labute approximate surface area is 149 Å². The molecule has 0 aromatic carbocycles. The highest BCUT2D eigenvalue weighted by Gasteiger charge is 2.61. The van der Waals surface area contributed by atoms with Crippen LogP contribution in [0.1, 0.15) is 79.6 Å². The maximum Gasteiger partial charge on any atom is 0.319 e. The predicted molar refractivity (Wildman–Crippen MR) is 101 cm³/mol. The van der Waals surface area contributed by atoms with Gasteiger partial charge in [-0.2, -0.15) is 0 Å². The van der Waals surface area contributed by atoms with Gasteiger partial charge in [0.2, 0.25) is 5.91 Å². The van der Waals surface area contributed by atoms with E-state index in [0.29, 0.717) is 0 Å². The molecule has 3 amide bonds. The van der Waals surface area contributed by atoms with Crippen LogP contribution in [-0.2, 0) is 4.79 Å². The van der Waals surface area contributed by atoms with Gasteiger partial charge in [-0.3, -0.25) is 9.36 Å². The number of hydrogen-bond donors (Lipinski definition) is 0. The van der Waals surface area contributed by atoms with Gasteiger partial charge in [0.15, 0.2) is 8.24 Å². The summed E-state index contributed by atoms with van der Waals surface area (Å²) in [5, 5.41) is 0. The van der Waals surface area contributed by atoms with E-state index < -0.39 is 13.8 Å². The average molecular weight is 353 g/mol. The quantitative estimate of drug-likeness (QED) is 0.470. The second kappa shape index (κ2) is 7.59. The highest BCUT2D eigenvalue weighted by Crippen LogP contribution is 2.43. The van der Waals surface area contributed by atoms with E-state index >= 15 is 0 Å². The number of imide groups is 1. The van der Waals surface area contributed by atoms with Crippen molar-refractivity contribution in [2.24, 2.45) is 0 Å². The zero-order valence-electron chi connectivity index (χ0n) is 16.4. The summed E-state index contributed by atoms with van der Waals surface area (Å²) in [5.41, 5.74) is -0.586. The fourth-order valence-corrected chi connectivity index (χ4v) is 8.67. The van der Waals surface area contributed by atoms with Crippen molar-refractivity contribution in [2.45, 2.75) is 109 Å². The first-order valence-electron chi connectivity index (χ1n) is 10.2. The Morgan fingerprint density at radius 3 is 1.83 bits per heavy atom. The van der Waals surface area contributed by atoms with Crippen LogP contribution in [0.4, 0.5) is 4.79 Å². The standard InChI is InChI=1S/C19H36N2O2Si/c1-6-19(7-2)17(22)21(24(8-3,9-4)10-5)18(23)20(19)16-14-12-11-13-15-16/h16H,6-15H2,1-5H3. The zero-order chi connectivity index (χ0) is 18.0. The average Bonchev–Trinajstić information content (AvgIpc) is 2.86. The lowest BCUT2D eigenvalue weighted by Gasteiger charge is -2.41. The van der Waals surface area contributed by atoms with E-state index in [1.54, 1.807) is 0 Å². The van der Waals surface area contributed by atoms with Gasteiger partial charge in [-0.25, -0.2) is 4.79 Å². The predicted octanol–water partition coefficient (Wildman–Crippen LogP) is 5.15. The molecule has 1 heterocycles. The fourth-order valence-electron chi connectivity index (χ4n) is 5.07. The number of hydrogen-bond acceptors (Lipinski definition) is 2. The smallest absolute Gasteiger partial charge is 0.307 e. The van der Waals surface area contributed by atoms with Gasteiger partial charge in [-0.15, -0.1) is 0 Å². The van der Waals surface area contributed by atoms with Crippen molar-refractivity contribution in [3.8, 4) is 0 Å². The molecule has 1 saturated carbocycles. The van der Waals surface area contributed by atoms with Crippen molar-refractivity contribution in [2.75, 3.05) is 0 Å². The molecule has 24 heavy (non-hydrogen) atoms. The summed E-state index contributed by atoms with van der Waals surface area (Å²) < 4.78 is 1.81. The molecule has 0 atom stereocenters. The van der Waals surface area contributed by atoms with Crippen LogP contribution in [0.3, 0.4) is 0 Å². The molecule has 0 spiro atoms. The number of rotatable bonds is 7. The maximum absolute atomic E-state index is 13.6. The molecule has 5 heteroatoms. The third-order valence-corrected chi connectivity index (χ3v) is 12.3. The van der Waals surface area contributed by atoms with Crippen molar-refractivity contribution in [1.82, 2.24) is 9.47 Å². The molecule has 2 fully saturated rings. The minimum atomic E-state index is -2.04. The van der Waals surface area contributed by atoms with Crippen LogP contribution in [0.15, 0.2) is 0 Å². The van der Waals surface area contributed by atoms with Gasteiger partial charge in [0.1, 0.15) is 5.54 Å². The first-order valence-corrected chi connectivity index (χ1v) is 12.7. The highest BCUT2D eigenvalue weighted by molar-refractivity contribution is 6.81. The minimum Gasteiger partial charge on any atom is -0.307 e. The van der Waals surface area contributed by atoms with E-state index in [-0.39, 0.29) is 18.0 Å². The summed E-state index contributed by atoms with van der Waals surface area (Å²) >= 11 is 0. The van der Waals surface area contributed by atoms with Crippen LogP contribution in [0, 0.1) is 0 Å². The largest absolute Gasteiger partial charge is 0.319 e. The molecule has 4 nitrogen and oxygen atoms in total. The monoisotopic (exact) mass is 352 g/mol. The lowest BCUT2D eigenvalue weighted by atomic mass is 9.86. The Hall–Kier alpha value is -0.843. The summed E-state index contributed by atoms with van der Waals surface area (Å²) in [4.78, 5) is 29.2. The molecular weight excluding hydrogens is 316 g/mol. The number of carbonyl (C=O) groups excluding carboxylic acids is 2. The van der Waals surface area contributed by atoms with Crippen molar-refractivity contribution in [3.63, 3.8) is 0 Å². The summed E-state index contributed by atoms with van der Waals surface area (Å²) in [6, 6.07) is 3.23. The van der Waals surface area contributed by atoms with Crippen LogP contribution in [-0.4, -0.2) is 41.2 Å². The number of amides is 3. The third kappa shape index (κ3) is 2.73. The molecule has 0 bridgehead atoms. The first-order chi connectivity index (χ1) is 11.5. The van der Waals surface area contributed by atoms with Gasteiger partial charge in [-0.1, -0.05) is 53.9 Å². The van der Waals surface area contributed by atoms with Crippen molar-refractivity contribution >= 4 is 20.2 Å².